The molecule has 0 spiro atoms. The molecule has 3 aromatic rings. The van der Waals surface area contributed by atoms with Crippen molar-refractivity contribution in [3.8, 4) is 11.4 Å². The van der Waals surface area contributed by atoms with Crippen molar-refractivity contribution in [2.24, 2.45) is 0 Å². The maximum absolute atomic E-state index is 13.0. The Morgan fingerprint density at radius 1 is 1.12 bits per heavy atom. The summed E-state index contributed by atoms with van der Waals surface area (Å²) in [6.45, 7) is 1.98. The minimum Gasteiger partial charge on any atom is -0.497 e. The number of hydrogen-bond acceptors (Lipinski definition) is 6. The second-order valence-electron chi connectivity index (χ2n) is 6.95. The highest BCUT2D eigenvalue weighted by molar-refractivity contribution is 6.31. The topological polar surface area (TPSA) is 79.7 Å². The van der Waals surface area contributed by atoms with Gasteiger partial charge in [-0.25, -0.2) is 4.79 Å². The summed E-state index contributed by atoms with van der Waals surface area (Å²) in [4.78, 5) is 29.2. The number of halogens is 1. The quantitative estimate of drug-likeness (QED) is 0.444. The lowest BCUT2D eigenvalue weighted by molar-refractivity contribution is -0.140. The van der Waals surface area contributed by atoms with E-state index in [2.05, 4.69) is 4.98 Å². The Labute approximate surface area is 191 Å². The molecule has 168 valence electrons. The zero-order valence-electron chi connectivity index (χ0n) is 18.3. The van der Waals surface area contributed by atoms with E-state index in [0.29, 0.717) is 40.6 Å². The van der Waals surface area contributed by atoms with Crippen LogP contribution in [-0.2, 0) is 27.1 Å². The van der Waals surface area contributed by atoms with Gasteiger partial charge in [-0.3, -0.25) is 9.78 Å². The van der Waals surface area contributed by atoms with E-state index in [9.17, 15) is 9.59 Å². The molecule has 0 amide bonds. The van der Waals surface area contributed by atoms with Gasteiger partial charge in [-0.1, -0.05) is 11.6 Å². The number of nitrogens with zero attached hydrogens (tertiary/aromatic N) is 2. The summed E-state index contributed by atoms with van der Waals surface area (Å²) in [5.74, 6) is -0.133. The number of rotatable bonds is 9. The third kappa shape index (κ3) is 5.29. The molecule has 0 bridgehead atoms. The highest BCUT2D eigenvalue weighted by Gasteiger charge is 2.24. The van der Waals surface area contributed by atoms with Crippen LogP contribution < -0.4 is 4.74 Å². The normalized spacial score (nSPS) is 10.6. The van der Waals surface area contributed by atoms with Gasteiger partial charge in [0.25, 0.3) is 0 Å². The fraction of sp³-hybridized carbons (Fsp3) is 0.292. The molecular weight excluding hydrogens is 432 g/mol. The van der Waals surface area contributed by atoms with Crippen LogP contribution in [0.5, 0.6) is 5.75 Å². The minimum absolute atomic E-state index is 0.138. The molecule has 1 aromatic carbocycles. The largest absolute Gasteiger partial charge is 0.497 e. The average Bonchev–Trinajstić information content (AvgIpc) is 3.17. The minimum atomic E-state index is -0.471. The molecule has 0 aliphatic heterocycles. The van der Waals surface area contributed by atoms with Crippen LogP contribution in [0, 0.1) is 0 Å². The van der Waals surface area contributed by atoms with Crippen LogP contribution in [0.2, 0.25) is 5.02 Å². The number of carbonyl (C=O) groups is 2. The monoisotopic (exact) mass is 456 g/mol. The third-order valence-electron chi connectivity index (χ3n) is 4.96. The zero-order valence-corrected chi connectivity index (χ0v) is 19.0. The summed E-state index contributed by atoms with van der Waals surface area (Å²) in [6.07, 6.45) is 2.52. The Bertz CT molecular complexity index is 1090. The highest BCUT2D eigenvalue weighted by Crippen LogP contribution is 2.28. The number of methoxy groups -OCH3 is 2. The summed E-state index contributed by atoms with van der Waals surface area (Å²) in [5, 5.41) is 0.531. The van der Waals surface area contributed by atoms with Gasteiger partial charge in [-0.2, -0.15) is 0 Å². The van der Waals surface area contributed by atoms with Crippen molar-refractivity contribution in [3.63, 3.8) is 0 Å². The van der Waals surface area contributed by atoms with Gasteiger partial charge in [-0.05, 0) is 61.4 Å². The first-order valence-corrected chi connectivity index (χ1v) is 10.6. The number of hydrogen-bond donors (Lipinski definition) is 0. The van der Waals surface area contributed by atoms with Crippen LogP contribution >= 0.6 is 11.6 Å². The Hall–Kier alpha value is -3.32. The molecule has 0 saturated heterocycles. The summed E-state index contributed by atoms with van der Waals surface area (Å²) in [6, 6.07) is 12.8. The lowest BCUT2D eigenvalue weighted by Gasteiger charge is -2.15. The molecule has 0 saturated carbocycles. The van der Waals surface area contributed by atoms with E-state index >= 15 is 0 Å². The molecule has 3 rings (SSSR count). The van der Waals surface area contributed by atoms with E-state index in [1.165, 1.54) is 7.11 Å². The molecule has 0 atom stereocenters. The van der Waals surface area contributed by atoms with Crippen molar-refractivity contribution < 1.29 is 23.8 Å². The van der Waals surface area contributed by atoms with Gasteiger partial charge in [-0.15, -0.1) is 0 Å². The predicted molar refractivity (Wildman–Crippen MR) is 121 cm³/mol. The summed E-state index contributed by atoms with van der Waals surface area (Å²) in [5.41, 5.74) is 3.27. The molecule has 2 heterocycles. The molecular formula is C24H25ClN2O5. The van der Waals surface area contributed by atoms with Crippen LogP contribution in [0.1, 0.15) is 40.8 Å². The molecule has 8 heteroatoms. The summed E-state index contributed by atoms with van der Waals surface area (Å²) in [7, 11) is 2.93. The van der Waals surface area contributed by atoms with E-state index in [0.717, 1.165) is 11.4 Å². The molecule has 2 aromatic heterocycles. The molecule has 0 unspecified atom stereocenters. The first-order chi connectivity index (χ1) is 15.5. The van der Waals surface area contributed by atoms with Crippen molar-refractivity contribution in [1.82, 2.24) is 9.55 Å². The number of esters is 2. The molecule has 7 nitrogen and oxygen atoms in total. The summed E-state index contributed by atoms with van der Waals surface area (Å²) < 4.78 is 17.2. The number of ether oxygens (including phenoxy) is 3. The second kappa shape index (κ2) is 10.8. The van der Waals surface area contributed by atoms with Gasteiger partial charge in [0.05, 0.1) is 31.5 Å². The Morgan fingerprint density at radius 3 is 2.50 bits per heavy atom. The standard InChI is InChI=1S/C24H25ClN2O5/c1-4-32-24(29)23-16(7-12-22(28)31-3)14-18(15-21-20(25)6-5-13-26-21)27(23)17-8-10-19(30-2)11-9-17/h5-6,8-11,13-14H,4,7,12,15H2,1-3H3. The Balaban J connectivity index is 2.16. The van der Waals surface area contributed by atoms with E-state index in [1.54, 1.807) is 32.4 Å². The van der Waals surface area contributed by atoms with Crippen molar-refractivity contribution >= 4 is 23.5 Å². The number of aryl methyl sites for hydroxylation is 1. The molecule has 32 heavy (non-hydrogen) atoms. The first kappa shape index (κ1) is 23.3. The molecule has 0 fully saturated rings. The van der Waals surface area contributed by atoms with E-state index in [4.69, 9.17) is 25.8 Å². The highest BCUT2D eigenvalue weighted by atomic mass is 35.5. The lowest BCUT2D eigenvalue weighted by Crippen LogP contribution is -2.15. The fourth-order valence-electron chi connectivity index (χ4n) is 3.45. The van der Waals surface area contributed by atoms with E-state index in [-0.39, 0.29) is 19.0 Å². The Morgan fingerprint density at radius 2 is 1.88 bits per heavy atom. The van der Waals surface area contributed by atoms with Crippen LogP contribution in [0.15, 0.2) is 48.7 Å². The second-order valence-corrected chi connectivity index (χ2v) is 7.36. The molecule has 0 aliphatic carbocycles. The SMILES string of the molecule is CCOC(=O)c1c(CCC(=O)OC)cc(Cc2ncccc2Cl)n1-c1ccc(OC)cc1. The summed E-state index contributed by atoms with van der Waals surface area (Å²) >= 11 is 6.35. The number of pyridine rings is 1. The van der Waals surface area contributed by atoms with E-state index in [1.807, 2.05) is 34.9 Å². The van der Waals surface area contributed by atoms with Gasteiger partial charge in [0.15, 0.2) is 0 Å². The van der Waals surface area contributed by atoms with Crippen molar-refractivity contribution in [1.29, 1.82) is 0 Å². The third-order valence-corrected chi connectivity index (χ3v) is 5.31. The van der Waals surface area contributed by atoms with Crippen molar-refractivity contribution in [3.05, 3.63) is 76.3 Å². The molecule has 0 radical (unpaired) electrons. The van der Waals surface area contributed by atoms with Crippen LogP contribution in [0.25, 0.3) is 5.69 Å². The van der Waals surface area contributed by atoms with Crippen LogP contribution in [0.3, 0.4) is 0 Å². The molecule has 0 N–H and O–H groups in total. The predicted octanol–water partition coefficient (Wildman–Crippen LogP) is 4.41. The van der Waals surface area contributed by atoms with Gasteiger partial charge in [0.1, 0.15) is 11.4 Å². The number of aromatic nitrogens is 2. The van der Waals surface area contributed by atoms with Crippen molar-refractivity contribution in [2.75, 3.05) is 20.8 Å². The number of carbonyl (C=O) groups excluding carboxylic acids is 2. The smallest absolute Gasteiger partial charge is 0.355 e. The lowest BCUT2D eigenvalue weighted by atomic mass is 10.1. The van der Waals surface area contributed by atoms with Crippen molar-refractivity contribution in [2.45, 2.75) is 26.2 Å². The van der Waals surface area contributed by atoms with Crippen LogP contribution in [0.4, 0.5) is 0 Å². The first-order valence-electron chi connectivity index (χ1n) is 10.2. The van der Waals surface area contributed by atoms with Gasteiger partial charge < -0.3 is 18.8 Å². The van der Waals surface area contributed by atoms with E-state index < -0.39 is 5.97 Å². The average molecular weight is 457 g/mol. The van der Waals surface area contributed by atoms with Gasteiger partial charge >= 0.3 is 11.9 Å². The fourth-order valence-corrected chi connectivity index (χ4v) is 3.64. The maximum atomic E-state index is 13.0. The maximum Gasteiger partial charge on any atom is 0.355 e. The molecule has 0 aliphatic rings. The van der Waals surface area contributed by atoms with Gasteiger partial charge in [0.2, 0.25) is 0 Å². The van der Waals surface area contributed by atoms with Crippen LogP contribution in [-0.4, -0.2) is 42.3 Å². The zero-order chi connectivity index (χ0) is 23.1. The Kier molecular flexibility index (Phi) is 7.89. The van der Waals surface area contributed by atoms with Gasteiger partial charge in [0, 0.05) is 30.4 Å². The number of benzene rings is 1.